The number of benzene rings is 1. The molecule has 0 spiro atoms. The number of carbonyl (C=O) groups is 1. The fourth-order valence-electron chi connectivity index (χ4n) is 2.33. The van der Waals surface area contributed by atoms with Gasteiger partial charge in [0.2, 0.25) is 0 Å². The maximum absolute atomic E-state index is 12.7. The van der Waals surface area contributed by atoms with Crippen LogP contribution in [0.4, 0.5) is 0 Å². The summed E-state index contributed by atoms with van der Waals surface area (Å²) in [7, 11) is 0. The first kappa shape index (κ1) is 16.3. The summed E-state index contributed by atoms with van der Waals surface area (Å²) >= 11 is 1.36. The van der Waals surface area contributed by atoms with Crippen LogP contribution in [0.15, 0.2) is 61.1 Å². The van der Waals surface area contributed by atoms with E-state index in [4.69, 9.17) is 0 Å². The molecule has 0 bridgehead atoms. The van der Waals surface area contributed by atoms with Gasteiger partial charge in [0, 0.05) is 31.0 Å². The lowest BCUT2D eigenvalue weighted by molar-refractivity contribution is 0.0712. The molecule has 5 nitrogen and oxygen atoms in total. The van der Waals surface area contributed by atoms with E-state index in [-0.39, 0.29) is 19.1 Å². The van der Waals surface area contributed by atoms with Gasteiger partial charge in [0.05, 0.1) is 12.8 Å². The molecule has 1 N–H and O–H groups in total. The first-order valence-corrected chi connectivity index (χ1v) is 8.40. The Labute approximate surface area is 144 Å². The summed E-state index contributed by atoms with van der Waals surface area (Å²) < 4.78 is 0. The summed E-state index contributed by atoms with van der Waals surface area (Å²) in [6.45, 7) is 0.592. The Morgan fingerprint density at radius 3 is 2.67 bits per heavy atom. The third kappa shape index (κ3) is 3.84. The Kier molecular flexibility index (Phi) is 5.30. The van der Waals surface area contributed by atoms with Crippen LogP contribution in [0.3, 0.4) is 0 Å². The second-order valence-electron chi connectivity index (χ2n) is 5.21. The van der Waals surface area contributed by atoms with Gasteiger partial charge < -0.3 is 10.0 Å². The Balaban J connectivity index is 1.79. The highest BCUT2D eigenvalue weighted by atomic mass is 32.1. The van der Waals surface area contributed by atoms with Crippen LogP contribution in [0.2, 0.25) is 0 Å². The topological polar surface area (TPSA) is 66.3 Å². The van der Waals surface area contributed by atoms with Gasteiger partial charge in [-0.05, 0) is 11.6 Å². The van der Waals surface area contributed by atoms with Gasteiger partial charge in [-0.1, -0.05) is 36.4 Å². The van der Waals surface area contributed by atoms with Crippen molar-refractivity contribution >= 4 is 17.2 Å². The largest absolute Gasteiger partial charge is 0.395 e. The number of carbonyl (C=O) groups excluding carboxylic acids is 1. The number of aliphatic hydroxyl groups excluding tert-OH is 1. The smallest absolute Gasteiger partial charge is 0.265 e. The van der Waals surface area contributed by atoms with Gasteiger partial charge >= 0.3 is 0 Å². The van der Waals surface area contributed by atoms with E-state index in [1.807, 2.05) is 42.5 Å². The van der Waals surface area contributed by atoms with Crippen molar-refractivity contribution < 1.29 is 9.90 Å². The lowest BCUT2D eigenvalue weighted by atomic mass is 10.2. The normalized spacial score (nSPS) is 10.5. The zero-order chi connectivity index (χ0) is 16.8. The maximum Gasteiger partial charge on any atom is 0.265 e. The highest BCUT2D eigenvalue weighted by Gasteiger charge is 2.19. The van der Waals surface area contributed by atoms with Crippen molar-refractivity contribution in [3.63, 3.8) is 0 Å². The maximum atomic E-state index is 12.7. The Hall–Kier alpha value is -2.57. The van der Waals surface area contributed by atoms with E-state index in [9.17, 15) is 9.90 Å². The van der Waals surface area contributed by atoms with Crippen LogP contribution < -0.4 is 0 Å². The van der Waals surface area contributed by atoms with Crippen molar-refractivity contribution in [1.29, 1.82) is 0 Å². The van der Waals surface area contributed by atoms with Crippen molar-refractivity contribution in [3.8, 4) is 10.6 Å². The van der Waals surface area contributed by atoms with E-state index in [1.54, 1.807) is 23.5 Å². The van der Waals surface area contributed by atoms with Crippen molar-refractivity contribution in [2.75, 3.05) is 13.2 Å². The van der Waals surface area contributed by atoms with Crippen LogP contribution in [0, 0.1) is 0 Å². The highest BCUT2D eigenvalue weighted by Crippen LogP contribution is 2.26. The molecule has 3 rings (SSSR count). The van der Waals surface area contributed by atoms with Gasteiger partial charge in [-0.3, -0.25) is 9.78 Å². The van der Waals surface area contributed by atoms with E-state index in [2.05, 4.69) is 9.97 Å². The van der Waals surface area contributed by atoms with E-state index < -0.39 is 0 Å². The molecule has 0 saturated heterocycles. The zero-order valence-electron chi connectivity index (χ0n) is 13.0. The molecule has 24 heavy (non-hydrogen) atoms. The number of thiazole rings is 1. The Morgan fingerprint density at radius 1 is 1.12 bits per heavy atom. The molecule has 0 aliphatic heterocycles. The minimum absolute atomic E-state index is 0.0870. The van der Waals surface area contributed by atoms with E-state index in [1.165, 1.54) is 11.3 Å². The lowest BCUT2D eigenvalue weighted by Crippen LogP contribution is -2.32. The SMILES string of the molecule is O=C(c1cnc(-c2ccccc2)s1)N(CCO)Cc1cccnc1. The van der Waals surface area contributed by atoms with Crippen LogP contribution >= 0.6 is 11.3 Å². The molecule has 3 aromatic rings. The Morgan fingerprint density at radius 2 is 1.96 bits per heavy atom. The van der Waals surface area contributed by atoms with Crippen molar-refractivity contribution in [1.82, 2.24) is 14.9 Å². The van der Waals surface area contributed by atoms with Crippen molar-refractivity contribution in [3.05, 3.63) is 71.5 Å². The predicted molar refractivity (Wildman–Crippen MR) is 93.6 cm³/mol. The van der Waals surface area contributed by atoms with Crippen LogP contribution in [0.1, 0.15) is 15.2 Å². The number of hydrogen-bond acceptors (Lipinski definition) is 5. The third-order valence-electron chi connectivity index (χ3n) is 3.49. The molecule has 0 radical (unpaired) electrons. The quantitative estimate of drug-likeness (QED) is 0.750. The van der Waals surface area contributed by atoms with E-state index >= 15 is 0 Å². The van der Waals surface area contributed by atoms with Crippen LogP contribution in [-0.4, -0.2) is 39.0 Å². The molecule has 0 saturated carbocycles. The molecule has 1 aromatic carbocycles. The summed E-state index contributed by atoms with van der Waals surface area (Å²) in [5.74, 6) is -0.132. The molecule has 0 aliphatic carbocycles. The number of aliphatic hydroxyl groups is 1. The second kappa shape index (κ2) is 7.81. The van der Waals surface area contributed by atoms with Crippen molar-refractivity contribution in [2.24, 2.45) is 0 Å². The number of rotatable bonds is 6. The summed E-state index contributed by atoms with van der Waals surface area (Å²) in [5.41, 5.74) is 1.91. The number of hydrogen-bond donors (Lipinski definition) is 1. The first-order chi connectivity index (χ1) is 11.8. The minimum Gasteiger partial charge on any atom is -0.395 e. The minimum atomic E-state index is -0.132. The van der Waals surface area contributed by atoms with Crippen molar-refractivity contribution in [2.45, 2.75) is 6.54 Å². The number of nitrogens with zero attached hydrogens (tertiary/aromatic N) is 3. The third-order valence-corrected chi connectivity index (χ3v) is 4.52. The monoisotopic (exact) mass is 339 g/mol. The van der Waals surface area contributed by atoms with E-state index in [0.717, 1.165) is 16.1 Å². The fourth-order valence-corrected chi connectivity index (χ4v) is 3.22. The van der Waals surface area contributed by atoms with Gasteiger partial charge in [0.1, 0.15) is 9.88 Å². The average molecular weight is 339 g/mol. The molecular formula is C18H17N3O2S. The van der Waals surface area contributed by atoms with Crippen LogP contribution in [-0.2, 0) is 6.54 Å². The molecule has 2 heterocycles. The van der Waals surface area contributed by atoms with E-state index in [0.29, 0.717) is 11.4 Å². The highest BCUT2D eigenvalue weighted by molar-refractivity contribution is 7.16. The number of pyridine rings is 1. The lowest BCUT2D eigenvalue weighted by Gasteiger charge is -2.20. The standard InChI is InChI=1S/C18H17N3O2S/c22-10-9-21(13-14-5-4-8-19-11-14)18(23)16-12-20-17(24-16)15-6-2-1-3-7-15/h1-8,11-12,22H,9-10,13H2. The zero-order valence-corrected chi connectivity index (χ0v) is 13.8. The summed E-state index contributed by atoms with van der Waals surface area (Å²) in [4.78, 5) is 23.3. The molecule has 2 aromatic heterocycles. The van der Waals surface area contributed by atoms with Gasteiger partial charge in [0.15, 0.2) is 0 Å². The number of aromatic nitrogens is 2. The first-order valence-electron chi connectivity index (χ1n) is 7.58. The average Bonchev–Trinajstić information content (AvgIpc) is 3.12. The molecule has 1 amide bonds. The number of amides is 1. The van der Waals surface area contributed by atoms with Gasteiger partial charge in [0.25, 0.3) is 5.91 Å². The molecular weight excluding hydrogens is 322 g/mol. The summed E-state index contributed by atoms with van der Waals surface area (Å²) in [5, 5.41) is 10.1. The molecule has 0 fully saturated rings. The van der Waals surface area contributed by atoms with Gasteiger partial charge in [-0.2, -0.15) is 0 Å². The molecule has 0 aliphatic rings. The second-order valence-corrected chi connectivity index (χ2v) is 6.24. The van der Waals surface area contributed by atoms with Crippen LogP contribution in [0.25, 0.3) is 10.6 Å². The predicted octanol–water partition coefficient (Wildman–Crippen LogP) is 2.84. The molecule has 122 valence electrons. The van der Waals surface area contributed by atoms with Crippen LogP contribution in [0.5, 0.6) is 0 Å². The fraction of sp³-hybridized carbons (Fsp3) is 0.167. The summed E-state index contributed by atoms with van der Waals surface area (Å²) in [6, 6.07) is 13.5. The molecule has 0 unspecified atom stereocenters. The van der Waals surface area contributed by atoms with Gasteiger partial charge in [-0.15, -0.1) is 11.3 Å². The summed E-state index contributed by atoms with van der Waals surface area (Å²) in [6.07, 6.45) is 5.01. The Bertz CT molecular complexity index is 790. The molecule has 6 heteroatoms. The van der Waals surface area contributed by atoms with Gasteiger partial charge in [-0.25, -0.2) is 4.98 Å². The molecule has 0 atom stereocenters.